The molecule has 0 aliphatic carbocycles. The summed E-state index contributed by atoms with van der Waals surface area (Å²) in [5.41, 5.74) is -3.33. The Morgan fingerprint density at radius 1 is 1.13 bits per heavy atom. The van der Waals surface area contributed by atoms with E-state index in [2.05, 4.69) is 0 Å². The Kier molecular flexibility index (Phi) is 4.01. The lowest BCUT2D eigenvalue weighted by Gasteiger charge is -2.32. The Balaban J connectivity index is 2.56. The van der Waals surface area contributed by atoms with Crippen LogP contribution in [0, 0.1) is 17.0 Å². The van der Waals surface area contributed by atoms with Gasteiger partial charge in [-0.3, -0.25) is 10.1 Å². The molecule has 0 amide bonds. The third-order valence-electron chi connectivity index (χ3n) is 4.38. The van der Waals surface area contributed by atoms with E-state index in [0.29, 0.717) is 6.07 Å². The van der Waals surface area contributed by atoms with E-state index in [1.54, 1.807) is 27.7 Å². The molecule has 0 N–H and O–H groups in total. The summed E-state index contributed by atoms with van der Waals surface area (Å²) >= 11 is 0. The van der Waals surface area contributed by atoms with Gasteiger partial charge in [0.05, 0.1) is 27.2 Å². The summed E-state index contributed by atoms with van der Waals surface area (Å²) in [5.74, 6) is 0. The van der Waals surface area contributed by atoms with Crippen LogP contribution in [-0.4, -0.2) is 23.2 Å². The lowest BCUT2D eigenvalue weighted by Crippen LogP contribution is -2.41. The summed E-state index contributed by atoms with van der Waals surface area (Å²) in [6.45, 7) is 8.29. The number of benzene rings is 1. The fourth-order valence-corrected chi connectivity index (χ4v) is 2.34. The Hall–Kier alpha value is -1.61. The van der Waals surface area contributed by atoms with Crippen molar-refractivity contribution in [3.8, 4) is 0 Å². The summed E-state index contributed by atoms with van der Waals surface area (Å²) < 4.78 is 50.3. The number of rotatable bonds is 2. The number of nitro benzene ring substituents is 1. The molecule has 0 aromatic heterocycles. The summed E-state index contributed by atoms with van der Waals surface area (Å²) in [6.07, 6.45) is -4.66. The van der Waals surface area contributed by atoms with Crippen LogP contribution in [0.2, 0.25) is 0 Å². The van der Waals surface area contributed by atoms with Gasteiger partial charge < -0.3 is 9.31 Å². The van der Waals surface area contributed by atoms with Crippen molar-refractivity contribution in [2.75, 3.05) is 0 Å². The largest absolute Gasteiger partial charge is 0.501 e. The molecule has 1 fully saturated rings. The third kappa shape index (κ3) is 3.07. The van der Waals surface area contributed by atoms with Gasteiger partial charge >= 0.3 is 13.3 Å². The number of nitro groups is 1. The number of halogens is 3. The molecule has 1 aromatic rings. The van der Waals surface area contributed by atoms with Gasteiger partial charge in [-0.25, -0.2) is 0 Å². The van der Waals surface area contributed by atoms with Gasteiger partial charge in [0, 0.05) is 6.07 Å². The topological polar surface area (TPSA) is 61.6 Å². The van der Waals surface area contributed by atoms with Gasteiger partial charge in [-0.05, 0) is 40.2 Å². The normalized spacial score (nSPS) is 19.9. The maximum Gasteiger partial charge on any atom is 0.501 e. The highest BCUT2D eigenvalue weighted by atomic mass is 19.4. The highest BCUT2D eigenvalue weighted by Gasteiger charge is 2.53. The fourth-order valence-electron chi connectivity index (χ4n) is 2.34. The zero-order valence-corrected chi connectivity index (χ0v) is 13.4. The molecule has 1 heterocycles. The van der Waals surface area contributed by atoms with Crippen LogP contribution in [-0.2, 0) is 15.5 Å². The van der Waals surface area contributed by atoms with Crippen molar-refractivity contribution >= 4 is 18.3 Å². The van der Waals surface area contributed by atoms with E-state index in [4.69, 9.17) is 9.31 Å². The van der Waals surface area contributed by atoms with Crippen molar-refractivity contribution < 1.29 is 27.4 Å². The second-order valence-corrected chi connectivity index (χ2v) is 6.57. The molecule has 1 saturated heterocycles. The molecule has 126 valence electrons. The maximum atomic E-state index is 13.0. The standard InChI is InChI=1S/C14H17BF3NO4/c1-8-6-10(15-22-12(2,3)13(4,5)23-15)11(19(20)21)7-9(8)14(16,17)18/h6-7H,1-5H3. The van der Waals surface area contributed by atoms with E-state index in [9.17, 15) is 23.3 Å². The molecule has 0 spiro atoms. The van der Waals surface area contributed by atoms with E-state index in [1.165, 1.54) is 6.92 Å². The molecule has 0 atom stereocenters. The monoisotopic (exact) mass is 331 g/mol. The molecule has 0 bridgehead atoms. The molecule has 0 radical (unpaired) electrons. The van der Waals surface area contributed by atoms with Crippen LogP contribution in [0.15, 0.2) is 12.1 Å². The molecular formula is C14H17BF3NO4. The van der Waals surface area contributed by atoms with Crippen LogP contribution in [0.25, 0.3) is 0 Å². The first-order valence-electron chi connectivity index (χ1n) is 6.98. The van der Waals surface area contributed by atoms with Crippen molar-refractivity contribution in [1.82, 2.24) is 0 Å². The average molecular weight is 331 g/mol. The smallest absolute Gasteiger partial charge is 0.399 e. The number of hydrogen-bond donors (Lipinski definition) is 0. The van der Waals surface area contributed by atoms with E-state index in [0.717, 1.165) is 6.07 Å². The molecule has 1 aliphatic heterocycles. The first kappa shape index (κ1) is 17.7. The first-order chi connectivity index (χ1) is 10.3. The SMILES string of the molecule is Cc1cc(B2OC(C)(C)C(C)(C)O2)c([N+](=O)[O-])cc1C(F)(F)F. The van der Waals surface area contributed by atoms with Gasteiger partial charge in [-0.1, -0.05) is 6.07 Å². The minimum absolute atomic E-state index is 0.0147. The van der Waals surface area contributed by atoms with Gasteiger partial charge in [-0.15, -0.1) is 0 Å². The van der Waals surface area contributed by atoms with E-state index in [-0.39, 0.29) is 11.0 Å². The predicted octanol–water partition coefficient (Wildman–Crippen LogP) is 3.22. The van der Waals surface area contributed by atoms with E-state index >= 15 is 0 Å². The minimum atomic E-state index is -4.66. The van der Waals surface area contributed by atoms with Gasteiger partial charge in [0.2, 0.25) is 0 Å². The predicted molar refractivity (Wildman–Crippen MR) is 78.6 cm³/mol. The third-order valence-corrected chi connectivity index (χ3v) is 4.38. The van der Waals surface area contributed by atoms with Gasteiger partial charge in [0.25, 0.3) is 5.69 Å². The van der Waals surface area contributed by atoms with E-state index < -0.39 is 40.7 Å². The molecule has 0 unspecified atom stereocenters. The molecule has 9 heteroatoms. The lowest BCUT2D eigenvalue weighted by atomic mass is 9.76. The van der Waals surface area contributed by atoms with E-state index in [1.807, 2.05) is 0 Å². The Morgan fingerprint density at radius 2 is 1.61 bits per heavy atom. The Bertz CT molecular complexity index is 642. The molecular weight excluding hydrogens is 314 g/mol. The van der Waals surface area contributed by atoms with Crippen LogP contribution in [0.4, 0.5) is 18.9 Å². The number of nitrogens with zero attached hydrogens (tertiary/aromatic N) is 1. The van der Waals surface area contributed by atoms with Crippen molar-refractivity contribution in [3.63, 3.8) is 0 Å². The van der Waals surface area contributed by atoms with Crippen molar-refractivity contribution in [2.45, 2.75) is 52.0 Å². The molecule has 1 aliphatic rings. The second kappa shape index (κ2) is 5.20. The minimum Gasteiger partial charge on any atom is -0.399 e. The molecule has 1 aromatic carbocycles. The molecule has 23 heavy (non-hydrogen) atoms. The quantitative estimate of drug-likeness (QED) is 0.474. The number of alkyl halides is 3. The number of aryl methyl sites for hydroxylation is 1. The Morgan fingerprint density at radius 3 is 2.00 bits per heavy atom. The molecule has 5 nitrogen and oxygen atoms in total. The van der Waals surface area contributed by atoms with Crippen LogP contribution in [0.5, 0.6) is 0 Å². The highest BCUT2D eigenvalue weighted by molar-refractivity contribution is 6.63. The van der Waals surface area contributed by atoms with Crippen molar-refractivity contribution in [2.24, 2.45) is 0 Å². The van der Waals surface area contributed by atoms with Crippen LogP contribution >= 0.6 is 0 Å². The zero-order valence-electron chi connectivity index (χ0n) is 13.4. The first-order valence-corrected chi connectivity index (χ1v) is 6.98. The Labute approximate surface area is 132 Å². The zero-order chi connectivity index (χ0) is 17.8. The summed E-state index contributed by atoms with van der Waals surface area (Å²) in [5, 5.41) is 11.2. The molecule has 2 rings (SSSR count). The average Bonchev–Trinajstić information content (AvgIpc) is 2.56. The van der Waals surface area contributed by atoms with Gasteiger partial charge in [0.15, 0.2) is 0 Å². The maximum absolute atomic E-state index is 13.0. The summed E-state index contributed by atoms with van der Waals surface area (Å²) in [6, 6.07) is 1.65. The molecule has 0 saturated carbocycles. The van der Waals surface area contributed by atoms with Crippen molar-refractivity contribution in [1.29, 1.82) is 0 Å². The van der Waals surface area contributed by atoms with Crippen LogP contribution < -0.4 is 5.46 Å². The van der Waals surface area contributed by atoms with Crippen molar-refractivity contribution in [3.05, 3.63) is 33.4 Å². The lowest BCUT2D eigenvalue weighted by molar-refractivity contribution is -0.384. The second-order valence-electron chi connectivity index (χ2n) is 6.57. The van der Waals surface area contributed by atoms with Gasteiger partial charge in [-0.2, -0.15) is 13.2 Å². The van der Waals surface area contributed by atoms with Gasteiger partial charge in [0.1, 0.15) is 0 Å². The summed E-state index contributed by atoms with van der Waals surface area (Å²) in [4.78, 5) is 10.4. The fraction of sp³-hybridized carbons (Fsp3) is 0.571. The van der Waals surface area contributed by atoms with Crippen LogP contribution in [0.1, 0.15) is 38.8 Å². The van der Waals surface area contributed by atoms with Crippen LogP contribution in [0.3, 0.4) is 0 Å². The number of hydrogen-bond acceptors (Lipinski definition) is 4. The highest BCUT2D eigenvalue weighted by Crippen LogP contribution is 2.38. The summed E-state index contributed by atoms with van der Waals surface area (Å²) in [7, 11) is -1.10.